The van der Waals surface area contributed by atoms with Crippen molar-refractivity contribution in [2.75, 3.05) is 0 Å². The molecule has 15 heavy (non-hydrogen) atoms. The Morgan fingerprint density at radius 3 is 2.40 bits per heavy atom. The largest absolute Gasteiger partial charge is 0.507 e. The molecule has 0 aliphatic carbocycles. The summed E-state index contributed by atoms with van der Waals surface area (Å²) >= 11 is 0. The third-order valence-electron chi connectivity index (χ3n) is 1.70. The molecule has 78 valence electrons. The van der Waals surface area contributed by atoms with E-state index >= 15 is 0 Å². The van der Waals surface area contributed by atoms with Gasteiger partial charge in [0.25, 0.3) is 0 Å². The van der Waals surface area contributed by atoms with Gasteiger partial charge >= 0.3 is 0 Å². The van der Waals surface area contributed by atoms with Crippen LogP contribution in [0, 0.1) is 11.5 Å². The Kier molecular flexibility index (Phi) is 3.33. The Balaban J connectivity index is 2.96. The van der Waals surface area contributed by atoms with Crippen molar-refractivity contribution in [3.63, 3.8) is 0 Å². The molecule has 0 radical (unpaired) electrons. The molecule has 1 rings (SSSR count). The second kappa shape index (κ2) is 4.33. The molecule has 1 aromatic carbocycles. The zero-order valence-corrected chi connectivity index (χ0v) is 10.2. The lowest BCUT2D eigenvalue weighted by atomic mass is 10.1. The molecule has 0 saturated carbocycles. The Morgan fingerprint density at radius 1 is 1.27 bits per heavy atom. The highest BCUT2D eigenvalue weighted by atomic mass is 28.3. The van der Waals surface area contributed by atoms with Crippen LogP contribution in [0.25, 0.3) is 0 Å². The minimum atomic E-state index is -1.53. The molecule has 0 bridgehead atoms. The molecule has 0 amide bonds. The quantitative estimate of drug-likeness (QED) is 0.446. The van der Waals surface area contributed by atoms with E-state index < -0.39 is 8.07 Å². The summed E-state index contributed by atoms with van der Waals surface area (Å²) in [5, 5.41) is 9.43. The second-order valence-corrected chi connectivity index (χ2v) is 9.10. The summed E-state index contributed by atoms with van der Waals surface area (Å²) in [4.78, 5) is 11.6. The topological polar surface area (TPSA) is 37.3 Å². The van der Waals surface area contributed by atoms with Crippen molar-refractivity contribution in [1.29, 1.82) is 0 Å². The number of aromatic hydroxyl groups is 1. The van der Waals surface area contributed by atoms with Gasteiger partial charge in [0.2, 0.25) is 5.78 Å². The van der Waals surface area contributed by atoms with E-state index in [2.05, 4.69) is 31.1 Å². The number of para-hydroxylation sites is 1. The van der Waals surface area contributed by atoms with Gasteiger partial charge in [-0.3, -0.25) is 4.79 Å². The lowest BCUT2D eigenvalue weighted by Gasteiger charge is -2.03. The number of phenols is 1. The summed E-state index contributed by atoms with van der Waals surface area (Å²) < 4.78 is 0. The molecule has 0 aliphatic rings. The number of phenolic OH excluding ortho intramolecular Hbond substituents is 1. The standard InChI is InChI=1S/C12H14O2Si/c1-15(2,3)9-8-12(14)10-6-4-5-7-11(10)13/h4-7,13H,1-3H3. The number of rotatable bonds is 1. The van der Waals surface area contributed by atoms with Gasteiger partial charge in [-0.2, -0.15) is 0 Å². The minimum absolute atomic E-state index is 0.00706. The van der Waals surface area contributed by atoms with Crippen molar-refractivity contribution in [3.8, 4) is 17.2 Å². The van der Waals surface area contributed by atoms with Crippen LogP contribution in [0.5, 0.6) is 5.75 Å². The van der Waals surface area contributed by atoms with Gasteiger partial charge in [0.05, 0.1) is 5.56 Å². The van der Waals surface area contributed by atoms with E-state index in [4.69, 9.17) is 0 Å². The summed E-state index contributed by atoms with van der Waals surface area (Å²) in [5.74, 6) is 2.28. The van der Waals surface area contributed by atoms with Gasteiger partial charge < -0.3 is 5.11 Å². The zero-order valence-electron chi connectivity index (χ0n) is 9.16. The highest BCUT2D eigenvalue weighted by Crippen LogP contribution is 2.15. The van der Waals surface area contributed by atoms with Crippen molar-refractivity contribution in [1.82, 2.24) is 0 Å². The number of hydrogen-bond acceptors (Lipinski definition) is 2. The van der Waals surface area contributed by atoms with Crippen LogP contribution in [-0.2, 0) is 0 Å². The molecule has 0 heterocycles. The first-order valence-electron chi connectivity index (χ1n) is 4.76. The molecule has 1 aromatic rings. The lowest BCUT2D eigenvalue weighted by molar-refractivity contribution is 0.105. The molecule has 0 aliphatic heterocycles. The average Bonchev–Trinajstić information content (AvgIpc) is 2.14. The zero-order chi connectivity index (χ0) is 11.5. The molecule has 0 saturated heterocycles. The van der Waals surface area contributed by atoms with Gasteiger partial charge in [0.15, 0.2) is 0 Å². The number of carbonyl (C=O) groups is 1. The fourth-order valence-corrected chi connectivity index (χ4v) is 1.47. The van der Waals surface area contributed by atoms with E-state index in [-0.39, 0.29) is 17.1 Å². The maximum atomic E-state index is 11.6. The molecule has 0 spiro atoms. The van der Waals surface area contributed by atoms with Crippen molar-refractivity contribution in [3.05, 3.63) is 29.8 Å². The summed E-state index contributed by atoms with van der Waals surface area (Å²) in [5.41, 5.74) is 3.26. The number of benzene rings is 1. The van der Waals surface area contributed by atoms with E-state index in [1.165, 1.54) is 6.07 Å². The van der Waals surface area contributed by atoms with Crippen molar-refractivity contribution < 1.29 is 9.90 Å². The average molecular weight is 218 g/mol. The van der Waals surface area contributed by atoms with Crippen LogP contribution in [-0.4, -0.2) is 19.0 Å². The molecule has 1 N–H and O–H groups in total. The molecule has 0 aromatic heterocycles. The second-order valence-electron chi connectivity index (χ2n) is 4.35. The highest BCUT2D eigenvalue weighted by molar-refractivity contribution is 6.84. The SMILES string of the molecule is C[Si](C)(C)C#CC(=O)c1ccccc1O. The molecular weight excluding hydrogens is 204 g/mol. The van der Waals surface area contributed by atoms with E-state index in [1.807, 2.05) is 0 Å². The van der Waals surface area contributed by atoms with Crippen LogP contribution in [0.1, 0.15) is 10.4 Å². The Hall–Kier alpha value is -1.53. The van der Waals surface area contributed by atoms with Gasteiger partial charge in [0.1, 0.15) is 13.8 Å². The smallest absolute Gasteiger partial charge is 0.239 e. The van der Waals surface area contributed by atoms with Gasteiger partial charge in [-0.05, 0) is 18.1 Å². The summed E-state index contributed by atoms with van der Waals surface area (Å²) in [6, 6.07) is 6.46. The maximum absolute atomic E-state index is 11.6. The van der Waals surface area contributed by atoms with Crippen LogP contribution in [0.3, 0.4) is 0 Å². The first-order valence-corrected chi connectivity index (χ1v) is 8.26. The van der Waals surface area contributed by atoms with Crippen LogP contribution < -0.4 is 0 Å². The van der Waals surface area contributed by atoms with Crippen molar-refractivity contribution >= 4 is 13.9 Å². The molecule has 3 heteroatoms. The number of carbonyl (C=O) groups excluding carboxylic acids is 1. The van der Waals surface area contributed by atoms with Gasteiger partial charge in [-0.15, -0.1) is 5.54 Å². The highest BCUT2D eigenvalue weighted by Gasteiger charge is 2.11. The predicted molar refractivity (Wildman–Crippen MR) is 63.6 cm³/mol. The van der Waals surface area contributed by atoms with Gasteiger partial charge in [-0.25, -0.2) is 0 Å². The van der Waals surface area contributed by atoms with Crippen molar-refractivity contribution in [2.24, 2.45) is 0 Å². The molecule has 0 atom stereocenters. The fraction of sp³-hybridized carbons (Fsp3) is 0.250. The minimum Gasteiger partial charge on any atom is -0.507 e. The Bertz CT molecular complexity index is 433. The summed E-state index contributed by atoms with van der Waals surface area (Å²) in [6.07, 6.45) is 0. The Labute approximate surface area is 91.0 Å². The maximum Gasteiger partial charge on any atom is 0.239 e. The first kappa shape index (κ1) is 11.5. The predicted octanol–water partition coefficient (Wildman–Crippen LogP) is 2.46. The summed E-state index contributed by atoms with van der Waals surface area (Å²) in [7, 11) is -1.53. The third kappa shape index (κ3) is 3.60. The van der Waals surface area contributed by atoms with E-state index in [0.29, 0.717) is 0 Å². The number of hydrogen-bond donors (Lipinski definition) is 1. The van der Waals surface area contributed by atoms with Gasteiger partial charge in [0, 0.05) is 0 Å². The van der Waals surface area contributed by atoms with Crippen LogP contribution >= 0.6 is 0 Å². The molecular formula is C12H14O2Si. The molecule has 0 unspecified atom stereocenters. The fourth-order valence-electron chi connectivity index (χ4n) is 0.977. The first-order chi connectivity index (χ1) is 6.90. The normalized spacial score (nSPS) is 10.3. The van der Waals surface area contributed by atoms with E-state index in [9.17, 15) is 9.90 Å². The monoisotopic (exact) mass is 218 g/mol. The molecule has 2 nitrogen and oxygen atoms in total. The molecule has 0 fully saturated rings. The van der Waals surface area contributed by atoms with Gasteiger partial charge in [-0.1, -0.05) is 31.8 Å². The lowest BCUT2D eigenvalue weighted by Crippen LogP contribution is -2.17. The van der Waals surface area contributed by atoms with E-state index in [1.54, 1.807) is 18.2 Å². The van der Waals surface area contributed by atoms with Crippen LogP contribution in [0.2, 0.25) is 19.6 Å². The van der Waals surface area contributed by atoms with Crippen LogP contribution in [0.4, 0.5) is 0 Å². The Morgan fingerprint density at radius 2 is 1.87 bits per heavy atom. The number of Topliss-reactive ketones (excluding diaryl/α,β-unsaturated/α-hetero) is 1. The third-order valence-corrected chi connectivity index (χ3v) is 2.57. The number of ketones is 1. The van der Waals surface area contributed by atoms with Crippen molar-refractivity contribution in [2.45, 2.75) is 19.6 Å². The van der Waals surface area contributed by atoms with E-state index in [0.717, 1.165) is 0 Å². The van der Waals surface area contributed by atoms with Crippen LogP contribution in [0.15, 0.2) is 24.3 Å². The summed E-state index contributed by atoms with van der Waals surface area (Å²) in [6.45, 7) is 6.20.